The van der Waals surface area contributed by atoms with Gasteiger partial charge in [0.15, 0.2) is 0 Å². The molecule has 0 bridgehead atoms. The summed E-state index contributed by atoms with van der Waals surface area (Å²) in [7, 11) is 3.50. The second kappa shape index (κ2) is 5.82. The molecule has 0 spiro atoms. The molecule has 3 rings (SSSR count). The first-order valence-electron chi connectivity index (χ1n) is 6.85. The second-order valence-corrected chi connectivity index (χ2v) is 6.25. The van der Waals surface area contributed by atoms with E-state index in [0.29, 0.717) is 6.42 Å². The van der Waals surface area contributed by atoms with Crippen LogP contribution in [0.2, 0.25) is 0 Å². The van der Waals surface area contributed by atoms with Crippen LogP contribution in [0.5, 0.6) is 5.75 Å². The maximum atomic E-state index is 12.4. The Morgan fingerprint density at radius 2 is 2.00 bits per heavy atom. The normalized spacial score (nSPS) is 18.1. The predicted octanol–water partition coefficient (Wildman–Crippen LogP) is 3.90. The van der Waals surface area contributed by atoms with Gasteiger partial charge in [0.2, 0.25) is 5.91 Å². The Balaban J connectivity index is 1.99. The highest BCUT2D eigenvalue weighted by Gasteiger charge is 2.27. The minimum atomic E-state index is 0.110. The third-order valence-electron chi connectivity index (χ3n) is 3.70. The summed E-state index contributed by atoms with van der Waals surface area (Å²) in [6.07, 6.45) is 0.489. The minimum Gasteiger partial charge on any atom is -0.497 e. The zero-order valence-electron chi connectivity index (χ0n) is 12.1. The Morgan fingerprint density at radius 3 is 2.81 bits per heavy atom. The van der Waals surface area contributed by atoms with Crippen molar-refractivity contribution in [1.82, 2.24) is 0 Å². The van der Waals surface area contributed by atoms with E-state index in [-0.39, 0.29) is 11.2 Å². The molecule has 0 aliphatic carbocycles. The average molecular weight is 299 g/mol. The summed E-state index contributed by atoms with van der Waals surface area (Å²) in [5.74, 6) is 0.965. The maximum absolute atomic E-state index is 12.4. The van der Waals surface area contributed by atoms with E-state index in [0.717, 1.165) is 21.9 Å². The number of ether oxygens (including phenoxy) is 1. The van der Waals surface area contributed by atoms with Crippen molar-refractivity contribution in [2.45, 2.75) is 16.6 Å². The minimum absolute atomic E-state index is 0.110. The van der Waals surface area contributed by atoms with Crippen LogP contribution in [0.1, 0.15) is 17.2 Å². The molecule has 108 valence electrons. The number of nitrogens with zero attached hydrogens (tertiary/aromatic N) is 1. The van der Waals surface area contributed by atoms with E-state index in [1.165, 1.54) is 0 Å². The Kier molecular flexibility index (Phi) is 3.88. The fourth-order valence-electron chi connectivity index (χ4n) is 2.49. The first-order valence-corrected chi connectivity index (χ1v) is 7.73. The number of benzene rings is 2. The number of methoxy groups -OCH3 is 1. The van der Waals surface area contributed by atoms with Crippen LogP contribution < -0.4 is 9.64 Å². The number of carbonyl (C=O) groups is 1. The molecule has 4 heteroatoms. The molecule has 1 aliphatic rings. The van der Waals surface area contributed by atoms with Crippen LogP contribution in [0.15, 0.2) is 53.4 Å². The van der Waals surface area contributed by atoms with Gasteiger partial charge in [0.1, 0.15) is 5.75 Å². The van der Waals surface area contributed by atoms with Crippen molar-refractivity contribution in [3.8, 4) is 5.75 Å². The Hall–Kier alpha value is -1.94. The number of anilines is 1. The van der Waals surface area contributed by atoms with Gasteiger partial charge in [-0.15, -0.1) is 11.8 Å². The van der Waals surface area contributed by atoms with Crippen LogP contribution in [0, 0.1) is 0 Å². The van der Waals surface area contributed by atoms with Crippen molar-refractivity contribution in [3.63, 3.8) is 0 Å². The lowest BCUT2D eigenvalue weighted by atomic mass is 10.1. The first-order chi connectivity index (χ1) is 10.2. The SMILES string of the molecule is COc1cccc(C2CC(=O)N(C)c3ccccc3S2)c1. The molecule has 0 N–H and O–H groups in total. The van der Waals surface area contributed by atoms with Crippen LogP contribution >= 0.6 is 11.8 Å². The van der Waals surface area contributed by atoms with Crippen LogP contribution in [0.25, 0.3) is 0 Å². The molecule has 1 amide bonds. The fraction of sp³-hybridized carbons (Fsp3) is 0.235. The summed E-state index contributed by atoms with van der Waals surface area (Å²) in [6.45, 7) is 0. The van der Waals surface area contributed by atoms with Crippen molar-refractivity contribution < 1.29 is 9.53 Å². The molecule has 1 unspecified atom stereocenters. The van der Waals surface area contributed by atoms with Crippen molar-refractivity contribution in [1.29, 1.82) is 0 Å². The van der Waals surface area contributed by atoms with Crippen LogP contribution in [0.4, 0.5) is 5.69 Å². The molecule has 21 heavy (non-hydrogen) atoms. The summed E-state index contributed by atoms with van der Waals surface area (Å²) in [6, 6.07) is 16.0. The van der Waals surface area contributed by atoms with Crippen molar-refractivity contribution in [2.75, 3.05) is 19.1 Å². The Morgan fingerprint density at radius 1 is 1.19 bits per heavy atom. The molecule has 1 heterocycles. The molecule has 0 radical (unpaired) electrons. The van der Waals surface area contributed by atoms with Crippen molar-refractivity contribution >= 4 is 23.4 Å². The van der Waals surface area contributed by atoms with Gasteiger partial charge in [-0.2, -0.15) is 0 Å². The van der Waals surface area contributed by atoms with E-state index in [1.807, 2.05) is 43.4 Å². The molecule has 0 aromatic heterocycles. The highest BCUT2D eigenvalue weighted by atomic mass is 32.2. The lowest BCUT2D eigenvalue weighted by molar-refractivity contribution is -0.118. The van der Waals surface area contributed by atoms with E-state index in [9.17, 15) is 4.79 Å². The first kappa shape index (κ1) is 14.0. The number of hydrogen-bond donors (Lipinski definition) is 0. The molecule has 0 fully saturated rings. The predicted molar refractivity (Wildman–Crippen MR) is 86.1 cm³/mol. The molecule has 1 atom stereocenters. The standard InChI is InChI=1S/C17H17NO2S/c1-18-14-8-3-4-9-15(14)21-16(11-17(18)19)12-6-5-7-13(10-12)20-2/h3-10,16H,11H2,1-2H3. The van der Waals surface area contributed by atoms with Gasteiger partial charge in [-0.05, 0) is 29.8 Å². The van der Waals surface area contributed by atoms with Gasteiger partial charge in [0, 0.05) is 23.6 Å². The lowest BCUT2D eigenvalue weighted by Gasteiger charge is -2.16. The van der Waals surface area contributed by atoms with Crippen LogP contribution in [-0.2, 0) is 4.79 Å². The summed E-state index contributed by atoms with van der Waals surface area (Å²) < 4.78 is 5.29. The summed E-state index contributed by atoms with van der Waals surface area (Å²) in [5, 5.41) is 0.110. The number of thioether (sulfide) groups is 1. The number of hydrogen-bond acceptors (Lipinski definition) is 3. The lowest BCUT2D eigenvalue weighted by Crippen LogP contribution is -2.25. The Bertz CT molecular complexity index is 671. The van der Waals surface area contributed by atoms with Crippen molar-refractivity contribution in [2.24, 2.45) is 0 Å². The third-order valence-corrected chi connectivity index (χ3v) is 5.02. The van der Waals surface area contributed by atoms with Crippen LogP contribution in [0.3, 0.4) is 0 Å². The molecule has 0 saturated carbocycles. The quantitative estimate of drug-likeness (QED) is 0.842. The molecule has 0 saturated heterocycles. The van der Waals surface area contributed by atoms with E-state index in [1.54, 1.807) is 23.8 Å². The monoisotopic (exact) mass is 299 g/mol. The largest absolute Gasteiger partial charge is 0.497 e. The zero-order valence-corrected chi connectivity index (χ0v) is 12.9. The van der Waals surface area contributed by atoms with E-state index in [4.69, 9.17) is 4.74 Å². The van der Waals surface area contributed by atoms with Crippen LogP contribution in [-0.4, -0.2) is 20.1 Å². The number of fused-ring (bicyclic) bond motifs is 1. The van der Waals surface area contributed by atoms with E-state index >= 15 is 0 Å². The number of rotatable bonds is 2. The molecule has 2 aromatic carbocycles. The molecular formula is C17H17NO2S. The van der Waals surface area contributed by atoms with Gasteiger partial charge in [-0.1, -0.05) is 24.3 Å². The summed E-state index contributed by atoms with van der Waals surface area (Å²) >= 11 is 1.74. The molecule has 3 nitrogen and oxygen atoms in total. The zero-order chi connectivity index (χ0) is 14.8. The molecule has 1 aliphatic heterocycles. The number of amides is 1. The fourth-order valence-corrected chi connectivity index (χ4v) is 3.78. The summed E-state index contributed by atoms with van der Waals surface area (Å²) in [4.78, 5) is 15.3. The van der Waals surface area contributed by atoms with E-state index < -0.39 is 0 Å². The maximum Gasteiger partial charge on any atom is 0.228 e. The van der Waals surface area contributed by atoms with Gasteiger partial charge in [0.25, 0.3) is 0 Å². The second-order valence-electron chi connectivity index (χ2n) is 5.01. The third kappa shape index (κ3) is 2.76. The van der Waals surface area contributed by atoms with Gasteiger partial charge >= 0.3 is 0 Å². The van der Waals surface area contributed by atoms with Crippen molar-refractivity contribution in [3.05, 3.63) is 54.1 Å². The molecular weight excluding hydrogens is 282 g/mol. The average Bonchev–Trinajstić information content (AvgIpc) is 2.65. The van der Waals surface area contributed by atoms with Gasteiger partial charge < -0.3 is 9.64 Å². The Labute approximate surface area is 128 Å². The highest BCUT2D eigenvalue weighted by Crippen LogP contribution is 2.45. The van der Waals surface area contributed by atoms with Gasteiger partial charge in [-0.3, -0.25) is 4.79 Å². The summed E-state index contributed by atoms with van der Waals surface area (Å²) in [5.41, 5.74) is 2.11. The van der Waals surface area contributed by atoms with Gasteiger partial charge in [-0.25, -0.2) is 0 Å². The highest BCUT2D eigenvalue weighted by molar-refractivity contribution is 7.99. The van der Waals surface area contributed by atoms with E-state index in [2.05, 4.69) is 12.1 Å². The topological polar surface area (TPSA) is 29.5 Å². The molecule has 2 aromatic rings. The van der Waals surface area contributed by atoms with Gasteiger partial charge in [0.05, 0.1) is 12.8 Å². The number of para-hydroxylation sites is 1. The smallest absolute Gasteiger partial charge is 0.228 e. The number of carbonyl (C=O) groups excluding carboxylic acids is 1.